The second kappa shape index (κ2) is 7.98. The molecule has 1 aromatic carbocycles. The zero-order valence-corrected chi connectivity index (χ0v) is 15.7. The smallest absolute Gasteiger partial charge is 0.246 e. The van der Waals surface area contributed by atoms with Crippen molar-refractivity contribution < 1.29 is 0 Å². The molecule has 0 saturated carbocycles. The van der Waals surface area contributed by atoms with E-state index in [2.05, 4.69) is 72.1 Å². The first-order chi connectivity index (χ1) is 11.7. The third kappa shape index (κ3) is 4.27. The van der Waals surface area contributed by atoms with Crippen molar-refractivity contribution in [2.24, 2.45) is 0 Å². The Labute approximate surface area is 151 Å². The average molecular weight is 393 g/mol. The highest BCUT2D eigenvalue weighted by atomic mass is 79.9. The summed E-state index contributed by atoms with van der Waals surface area (Å²) in [5, 5.41) is 6.87. The van der Waals surface area contributed by atoms with Gasteiger partial charge in [0.2, 0.25) is 11.9 Å². The van der Waals surface area contributed by atoms with Crippen LogP contribution < -0.4 is 10.6 Å². The maximum Gasteiger partial charge on any atom is 0.246 e. The molecule has 3 rings (SSSR count). The standard InChI is InChI=1S/C17H25BrN6/c1-2-23(10-7-13-3-5-14(18)6-4-13)15-8-11-24(12-9-15)17-20-16(19)21-22-17/h3-6,15H,2,7-12H2,1H3,(H3,19,20,21,22). The highest BCUT2D eigenvalue weighted by Gasteiger charge is 2.25. The molecule has 0 unspecified atom stereocenters. The molecule has 1 aliphatic rings. The molecule has 7 heteroatoms. The number of H-pyrrole nitrogens is 1. The molecule has 0 amide bonds. The van der Waals surface area contributed by atoms with Crippen LogP contribution in [0.15, 0.2) is 28.7 Å². The van der Waals surface area contributed by atoms with Crippen molar-refractivity contribution in [1.82, 2.24) is 20.1 Å². The van der Waals surface area contributed by atoms with Crippen LogP contribution in [0.4, 0.5) is 11.9 Å². The van der Waals surface area contributed by atoms with Crippen molar-refractivity contribution in [2.75, 3.05) is 36.8 Å². The van der Waals surface area contributed by atoms with Gasteiger partial charge in [-0.1, -0.05) is 35.0 Å². The van der Waals surface area contributed by atoms with Gasteiger partial charge in [0.15, 0.2) is 0 Å². The molecule has 0 radical (unpaired) electrons. The number of nitrogens with one attached hydrogen (secondary N) is 1. The molecule has 2 aromatic rings. The molecule has 1 aliphatic heterocycles. The van der Waals surface area contributed by atoms with Crippen LogP contribution in [0.5, 0.6) is 0 Å². The molecule has 2 heterocycles. The Hall–Kier alpha value is -1.60. The van der Waals surface area contributed by atoms with Gasteiger partial charge in [-0.05, 0) is 43.5 Å². The van der Waals surface area contributed by atoms with Crippen molar-refractivity contribution in [3.8, 4) is 0 Å². The van der Waals surface area contributed by atoms with Crippen LogP contribution in [0.3, 0.4) is 0 Å². The van der Waals surface area contributed by atoms with E-state index >= 15 is 0 Å². The summed E-state index contributed by atoms with van der Waals surface area (Å²) in [4.78, 5) is 9.04. The molecule has 0 atom stereocenters. The van der Waals surface area contributed by atoms with E-state index in [-0.39, 0.29) is 0 Å². The largest absolute Gasteiger partial charge is 0.368 e. The monoisotopic (exact) mass is 392 g/mol. The van der Waals surface area contributed by atoms with Crippen LogP contribution in [0.2, 0.25) is 0 Å². The molecule has 6 nitrogen and oxygen atoms in total. The van der Waals surface area contributed by atoms with Gasteiger partial charge in [0.25, 0.3) is 0 Å². The molecular formula is C17H25BrN6. The molecular weight excluding hydrogens is 368 g/mol. The maximum atomic E-state index is 5.62. The topological polar surface area (TPSA) is 74.1 Å². The number of aromatic nitrogens is 3. The number of aromatic amines is 1. The summed E-state index contributed by atoms with van der Waals surface area (Å²) < 4.78 is 1.14. The molecule has 1 saturated heterocycles. The first kappa shape index (κ1) is 17.2. The van der Waals surface area contributed by atoms with E-state index < -0.39 is 0 Å². The highest BCUT2D eigenvalue weighted by molar-refractivity contribution is 9.10. The molecule has 0 bridgehead atoms. The third-order valence-corrected chi connectivity index (χ3v) is 5.29. The van der Waals surface area contributed by atoms with Crippen molar-refractivity contribution in [3.05, 3.63) is 34.3 Å². The number of anilines is 2. The maximum absolute atomic E-state index is 5.62. The van der Waals surface area contributed by atoms with E-state index in [4.69, 9.17) is 5.73 Å². The minimum atomic E-state index is 0.386. The van der Waals surface area contributed by atoms with Crippen LogP contribution in [-0.4, -0.2) is 52.3 Å². The average Bonchev–Trinajstić information content (AvgIpc) is 3.04. The fraction of sp³-hybridized carbons (Fsp3) is 0.529. The first-order valence-electron chi connectivity index (χ1n) is 8.57. The molecule has 130 valence electrons. The fourth-order valence-electron chi connectivity index (χ4n) is 3.36. The quantitative estimate of drug-likeness (QED) is 0.790. The van der Waals surface area contributed by atoms with E-state index in [0.29, 0.717) is 12.0 Å². The third-order valence-electron chi connectivity index (χ3n) is 4.76. The summed E-state index contributed by atoms with van der Waals surface area (Å²) in [5.74, 6) is 1.11. The molecule has 0 aliphatic carbocycles. The normalized spacial score (nSPS) is 16.0. The van der Waals surface area contributed by atoms with E-state index in [9.17, 15) is 0 Å². The first-order valence-corrected chi connectivity index (χ1v) is 9.36. The Balaban J connectivity index is 1.50. The predicted octanol–water partition coefficient (Wildman–Crippen LogP) is 2.68. The number of likely N-dealkylation sites (N-methyl/N-ethyl adjacent to an activating group) is 1. The van der Waals surface area contributed by atoms with Crippen molar-refractivity contribution in [1.29, 1.82) is 0 Å². The van der Waals surface area contributed by atoms with Gasteiger partial charge in [0, 0.05) is 30.1 Å². The minimum Gasteiger partial charge on any atom is -0.368 e. The number of nitrogens with two attached hydrogens (primary N) is 1. The summed E-state index contributed by atoms with van der Waals surface area (Å²) in [6, 6.07) is 9.28. The number of nitrogen functional groups attached to an aromatic ring is 1. The van der Waals surface area contributed by atoms with E-state index in [1.54, 1.807) is 0 Å². The summed E-state index contributed by atoms with van der Waals surface area (Å²) in [6.45, 7) is 6.42. The predicted molar refractivity (Wildman–Crippen MR) is 101 cm³/mol. The number of hydrogen-bond acceptors (Lipinski definition) is 5. The number of piperidine rings is 1. The van der Waals surface area contributed by atoms with Crippen LogP contribution >= 0.6 is 15.9 Å². The Bertz CT molecular complexity index is 633. The minimum absolute atomic E-state index is 0.386. The summed E-state index contributed by atoms with van der Waals surface area (Å²) in [5.41, 5.74) is 7.01. The van der Waals surface area contributed by atoms with Crippen LogP contribution in [-0.2, 0) is 6.42 Å². The van der Waals surface area contributed by atoms with Gasteiger partial charge in [-0.25, -0.2) is 5.10 Å². The van der Waals surface area contributed by atoms with Crippen LogP contribution in [0, 0.1) is 0 Å². The summed E-state index contributed by atoms with van der Waals surface area (Å²) in [6.07, 6.45) is 3.38. The lowest BCUT2D eigenvalue weighted by atomic mass is 10.0. The Morgan fingerprint density at radius 1 is 1.29 bits per heavy atom. The zero-order valence-electron chi connectivity index (χ0n) is 14.1. The van der Waals surface area contributed by atoms with Gasteiger partial charge in [0.05, 0.1) is 0 Å². The van der Waals surface area contributed by atoms with Gasteiger partial charge in [-0.2, -0.15) is 4.98 Å². The van der Waals surface area contributed by atoms with Gasteiger partial charge in [-0.15, -0.1) is 5.10 Å². The van der Waals surface area contributed by atoms with E-state index in [0.717, 1.165) is 55.9 Å². The molecule has 1 aromatic heterocycles. The number of benzene rings is 1. The zero-order chi connectivity index (χ0) is 16.9. The number of halogens is 1. The lowest BCUT2D eigenvalue weighted by molar-refractivity contribution is 0.179. The highest BCUT2D eigenvalue weighted by Crippen LogP contribution is 2.21. The number of rotatable bonds is 6. The molecule has 3 N–H and O–H groups in total. The Kier molecular flexibility index (Phi) is 5.73. The molecule has 0 spiro atoms. The Morgan fingerprint density at radius 3 is 2.58 bits per heavy atom. The second-order valence-electron chi connectivity index (χ2n) is 6.24. The van der Waals surface area contributed by atoms with Crippen molar-refractivity contribution in [3.63, 3.8) is 0 Å². The van der Waals surface area contributed by atoms with Crippen LogP contribution in [0.25, 0.3) is 0 Å². The van der Waals surface area contributed by atoms with Gasteiger partial charge in [0.1, 0.15) is 0 Å². The summed E-state index contributed by atoms with van der Waals surface area (Å²) in [7, 11) is 0. The summed E-state index contributed by atoms with van der Waals surface area (Å²) >= 11 is 3.49. The second-order valence-corrected chi connectivity index (χ2v) is 7.16. The van der Waals surface area contributed by atoms with E-state index in [1.165, 1.54) is 5.56 Å². The van der Waals surface area contributed by atoms with Gasteiger partial charge >= 0.3 is 0 Å². The fourth-order valence-corrected chi connectivity index (χ4v) is 3.62. The molecule has 24 heavy (non-hydrogen) atoms. The van der Waals surface area contributed by atoms with Gasteiger partial charge in [-0.3, -0.25) is 0 Å². The van der Waals surface area contributed by atoms with Crippen molar-refractivity contribution >= 4 is 27.8 Å². The lowest BCUT2D eigenvalue weighted by Crippen LogP contribution is -2.45. The van der Waals surface area contributed by atoms with Crippen LogP contribution in [0.1, 0.15) is 25.3 Å². The lowest BCUT2D eigenvalue weighted by Gasteiger charge is -2.37. The SMILES string of the molecule is CCN(CCc1ccc(Br)cc1)C1CCN(c2n[nH]c(N)n2)CC1. The number of nitrogens with zero attached hydrogens (tertiary/aromatic N) is 4. The van der Waals surface area contributed by atoms with E-state index in [1.807, 2.05) is 0 Å². The van der Waals surface area contributed by atoms with Crippen molar-refractivity contribution in [2.45, 2.75) is 32.2 Å². The number of hydrogen-bond donors (Lipinski definition) is 2. The molecule has 1 fully saturated rings. The Morgan fingerprint density at radius 2 is 2.00 bits per heavy atom. The van der Waals surface area contributed by atoms with Gasteiger partial charge < -0.3 is 15.5 Å².